The zero-order valence-corrected chi connectivity index (χ0v) is 19.2. The summed E-state index contributed by atoms with van der Waals surface area (Å²) >= 11 is 0. The topological polar surface area (TPSA) is 78.8 Å². The molecule has 2 aromatic heterocycles. The van der Waals surface area contributed by atoms with Crippen molar-refractivity contribution in [2.24, 2.45) is 12.0 Å². The lowest BCUT2D eigenvalue weighted by Gasteiger charge is -2.12. The highest BCUT2D eigenvalue weighted by Crippen LogP contribution is 2.32. The van der Waals surface area contributed by atoms with Gasteiger partial charge in [-0.25, -0.2) is 4.99 Å². The van der Waals surface area contributed by atoms with Crippen LogP contribution in [0.2, 0.25) is 0 Å². The summed E-state index contributed by atoms with van der Waals surface area (Å²) in [5.74, 6) is 1.88. The molecule has 0 saturated heterocycles. The van der Waals surface area contributed by atoms with E-state index >= 15 is 0 Å². The molecule has 4 rings (SSSR count). The fourth-order valence-electron chi connectivity index (χ4n) is 3.70. The number of aromatic nitrogens is 5. The van der Waals surface area contributed by atoms with Gasteiger partial charge in [0.2, 0.25) is 0 Å². The highest BCUT2D eigenvalue weighted by molar-refractivity contribution is 5.85. The summed E-state index contributed by atoms with van der Waals surface area (Å²) in [6, 6.07) is 12.0. The molecule has 0 aliphatic heterocycles. The second kappa shape index (κ2) is 8.77. The molecule has 0 radical (unpaired) electrons. The number of halogens is 1. The first-order chi connectivity index (χ1) is 14.4. The van der Waals surface area contributed by atoms with Crippen LogP contribution in [0, 0.1) is 20.8 Å². The monoisotopic (exact) mass is 440 g/mol. The van der Waals surface area contributed by atoms with Crippen molar-refractivity contribution in [3.8, 4) is 22.8 Å². The third-order valence-corrected chi connectivity index (χ3v) is 5.13. The number of fused-ring (bicyclic) bond motifs is 1. The zero-order chi connectivity index (χ0) is 21.4. The van der Waals surface area contributed by atoms with E-state index in [1.54, 1.807) is 18.7 Å². The summed E-state index contributed by atoms with van der Waals surface area (Å²) < 4.78 is 14.4. The molecule has 0 amide bonds. The van der Waals surface area contributed by atoms with Gasteiger partial charge in [0.15, 0.2) is 11.5 Å². The van der Waals surface area contributed by atoms with Crippen LogP contribution in [0.1, 0.15) is 16.7 Å². The SMILES string of the molecule is COc1ccc(-c2c/c(=N/c3c(C)cc(C)cc3C)n(C)c3nnnn23)cc1OC.Cl. The predicted octanol–water partition coefficient (Wildman–Crippen LogP) is 3.73. The minimum atomic E-state index is 0. The van der Waals surface area contributed by atoms with E-state index in [1.165, 1.54) is 5.56 Å². The Morgan fingerprint density at radius 1 is 0.903 bits per heavy atom. The molecule has 0 atom stereocenters. The number of rotatable bonds is 4. The van der Waals surface area contributed by atoms with Gasteiger partial charge in [-0.1, -0.05) is 22.8 Å². The van der Waals surface area contributed by atoms with Gasteiger partial charge in [-0.15, -0.1) is 12.4 Å². The molecule has 2 heterocycles. The van der Waals surface area contributed by atoms with Crippen LogP contribution >= 0.6 is 12.4 Å². The van der Waals surface area contributed by atoms with Crippen LogP contribution in [0.15, 0.2) is 41.4 Å². The molecule has 0 N–H and O–H groups in total. The summed E-state index contributed by atoms with van der Waals surface area (Å²) in [5, 5.41) is 12.2. The fourth-order valence-corrected chi connectivity index (χ4v) is 3.70. The number of tetrazole rings is 1. The Bertz CT molecular complexity index is 1300. The average Bonchev–Trinajstić information content (AvgIpc) is 3.22. The molecule has 0 aliphatic carbocycles. The van der Waals surface area contributed by atoms with Crippen LogP contribution in [-0.2, 0) is 7.05 Å². The van der Waals surface area contributed by atoms with Crippen LogP contribution in [0.5, 0.6) is 11.5 Å². The number of methoxy groups -OCH3 is 2. The molecule has 0 saturated carbocycles. The zero-order valence-electron chi connectivity index (χ0n) is 18.4. The van der Waals surface area contributed by atoms with Gasteiger partial charge in [-0.05, 0) is 60.5 Å². The smallest absolute Gasteiger partial charge is 0.255 e. The van der Waals surface area contributed by atoms with E-state index < -0.39 is 0 Å². The summed E-state index contributed by atoms with van der Waals surface area (Å²) in [4.78, 5) is 4.97. The first-order valence-corrected chi connectivity index (χ1v) is 9.56. The van der Waals surface area contributed by atoms with E-state index in [0.717, 1.165) is 33.6 Å². The predicted molar refractivity (Wildman–Crippen MR) is 121 cm³/mol. The standard InChI is InChI=1S/C22H24N6O2.ClH/c1-13-9-14(2)21(15(3)10-13)23-20-12-17(28-22(27(20)4)24-25-26-28)16-7-8-18(29-5)19(11-16)30-6;/h7-12H,1-6H3;1H/b23-20-;. The van der Waals surface area contributed by atoms with E-state index in [2.05, 4.69) is 48.4 Å². The molecule has 4 aromatic rings. The highest BCUT2D eigenvalue weighted by atomic mass is 35.5. The average molecular weight is 441 g/mol. The Morgan fingerprint density at radius 3 is 2.23 bits per heavy atom. The molecule has 8 nitrogen and oxygen atoms in total. The third-order valence-electron chi connectivity index (χ3n) is 5.13. The van der Waals surface area contributed by atoms with E-state index in [9.17, 15) is 0 Å². The van der Waals surface area contributed by atoms with E-state index in [0.29, 0.717) is 17.3 Å². The minimum absolute atomic E-state index is 0. The number of hydrogen-bond acceptors (Lipinski definition) is 6. The highest BCUT2D eigenvalue weighted by Gasteiger charge is 2.14. The van der Waals surface area contributed by atoms with Crippen molar-refractivity contribution in [2.45, 2.75) is 20.8 Å². The number of aryl methyl sites for hydroxylation is 4. The van der Waals surface area contributed by atoms with Crippen LogP contribution < -0.4 is 15.0 Å². The van der Waals surface area contributed by atoms with Gasteiger partial charge in [0.1, 0.15) is 5.49 Å². The van der Waals surface area contributed by atoms with Crippen molar-refractivity contribution >= 4 is 23.9 Å². The molecule has 2 aromatic carbocycles. The lowest BCUT2D eigenvalue weighted by molar-refractivity contribution is 0.355. The van der Waals surface area contributed by atoms with Gasteiger partial charge < -0.3 is 9.47 Å². The largest absolute Gasteiger partial charge is 0.493 e. The Kier molecular flexibility index (Phi) is 6.31. The minimum Gasteiger partial charge on any atom is -0.493 e. The lowest BCUT2D eigenvalue weighted by atomic mass is 10.1. The Morgan fingerprint density at radius 2 is 1.58 bits per heavy atom. The maximum Gasteiger partial charge on any atom is 0.255 e. The molecule has 0 unspecified atom stereocenters. The lowest BCUT2D eigenvalue weighted by Crippen LogP contribution is -2.21. The maximum absolute atomic E-state index is 5.47. The third kappa shape index (κ3) is 3.98. The van der Waals surface area contributed by atoms with Crippen molar-refractivity contribution in [2.75, 3.05) is 14.2 Å². The Balaban J connectivity index is 0.00000272. The van der Waals surface area contributed by atoms with Gasteiger partial charge in [-0.3, -0.25) is 4.57 Å². The van der Waals surface area contributed by atoms with Crippen LogP contribution in [0.3, 0.4) is 0 Å². The van der Waals surface area contributed by atoms with Gasteiger partial charge in [0, 0.05) is 18.7 Å². The molecule has 162 valence electrons. The summed E-state index contributed by atoms with van der Waals surface area (Å²) in [6.45, 7) is 6.24. The van der Waals surface area contributed by atoms with Crippen molar-refractivity contribution in [3.63, 3.8) is 0 Å². The molecule has 31 heavy (non-hydrogen) atoms. The van der Waals surface area contributed by atoms with Gasteiger partial charge in [-0.2, -0.15) is 4.52 Å². The van der Waals surface area contributed by atoms with Crippen molar-refractivity contribution in [1.82, 2.24) is 24.6 Å². The molecule has 0 spiro atoms. The Labute approximate surface area is 186 Å². The van der Waals surface area contributed by atoms with Crippen molar-refractivity contribution in [3.05, 3.63) is 58.6 Å². The number of ether oxygens (including phenoxy) is 2. The number of hydrogen-bond donors (Lipinski definition) is 0. The maximum atomic E-state index is 5.47. The molecular formula is C22H25ClN6O2. The molecule has 0 aliphatic rings. The second-order valence-corrected chi connectivity index (χ2v) is 7.27. The quantitative estimate of drug-likeness (QED) is 0.483. The first kappa shape index (κ1) is 22.3. The van der Waals surface area contributed by atoms with Crippen LogP contribution in [0.25, 0.3) is 17.0 Å². The first-order valence-electron chi connectivity index (χ1n) is 9.56. The van der Waals surface area contributed by atoms with Gasteiger partial charge in [0.05, 0.1) is 25.6 Å². The van der Waals surface area contributed by atoms with E-state index in [4.69, 9.17) is 14.5 Å². The normalized spacial score (nSPS) is 11.5. The summed E-state index contributed by atoms with van der Waals surface area (Å²) in [5.41, 5.74) is 6.86. The summed E-state index contributed by atoms with van der Waals surface area (Å²) in [6.07, 6.45) is 0. The fraction of sp³-hybridized carbons (Fsp3) is 0.273. The van der Waals surface area contributed by atoms with E-state index in [1.807, 2.05) is 35.9 Å². The van der Waals surface area contributed by atoms with Crippen molar-refractivity contribution in [1.29, 1.82) is 0 Å². The van der Waals surface area contributed by atoms with Crippen LogP contribution in [-0.4, -0.2) is 38.8 Å². The molecule has 0 bridgehead atoms. The van der Waals surface area contributed by atoms with E-state index in [-0.39, 0.29) is 12.4 Å². The number of benzene rings is 2. The molecule has 0 fully saturated rings. The molecular weight excluding hydrogens is 416 g/mol. The van der Waals surface area contributed by atoms with Crippen LogP contribution in [0.4, 0.5) is 5.69 Å². The summed E-state index contributed by atoms with van der Waals surface area (Å²) in [7, 11) is 5.13. The molecule has 9 heteroatoms. The van der Waals surface area contributed by atoms with Crippen molar-refractivity contribution < 1.29 is 9.47 Å². The van der Waals surface area contributed by atoms with Gasteiger partial charge in [0.25, 0.3) is 5.78 Å². The second-order valence-electron chi connectivity index (χ2n) is 7.27. The van der Waals surface area contributed by atoms with Gasteiger partial charge >= 0.3 is 0 Å². The number of nitrogens with zero attached hydrogens (tertiary/aromatic N) is 6. The Hall–Kier alpha value is -3.39.